The van der Waals surface area contributed by atoms with Crippen molar-refractivity contribution < 1.29 is 28.5 Å². The zero-order chi connectivity index (χ0) is 27.2. The number of hydrogen-bond donors (Lipinski definition) is 0. The van der Waals surface area contributed by atoms with E-state index in [1.54, 1.807) is 35.4 Å². The number of anilines is 1. The Bertz CT molecular complexity index is 1440. The van der Waals surface area contributed by atoms with E-state index < -0.39 is 5.97 Å². The van der Waals surface area contributed by atoms with Gasteiger partial charge in [-0.3, -0.25) is 0 Å². The lowest BCUT2D eigenvalue weighted by Crippen LogP contribution is -2.21. The third-order valence-electron chi connectivity index (χ3n) is 6.30. The van der Waals surface area contributed by atoms with Crippen LogP contribution in [0.4, 0.5) is 5.69 Å². The minimum atomic E-state index is -0.460. The number of methoxy groups -OCH3 is 4. The number of rotatable bonds is 10. The molecular formula is C30H32N2O6. The highest BCUT2D eigenvalue weighted by Crippen LogP contribution is 2.42. The van der Waals surface area contributed by atoms with Crippen molar-refractivity contribution in [2.45, 2.75) is 13.5 Å². The number of pyridine rings is 1. The van der Waals surface area contributed by atoms with E-state index in [1.165, 1.54) is 0 Å². The van der Waals surface area contributed by atoms with Crippen LogP contribution in [0.2, 0.25) is 0 Å². The summed E-state index contributed by atoms with van der Waals surface area (Å²) in [5.41, 5.74) is 3.99. The first-order valence-electron chi connectivity index (χ1n) is 12.2. The first-order valence-corrected chi connectivity index (χ1v) is 12.2. The molecule has 8 heteroatoms. The molecule has 0 aliphatic rings. The molecule has 0 N–H and O–H groups in total. The van der Waals surface area contributed by atoms with Crippen molar-refractivity contribution >= 4 is 22.6 Å². The minimum Gasteiger partial charge on any atom is -0.493 e. The lowest BCUT2D eigenvalue weighted by molar-refractivity contribution is 0.0525. The zero-order valence-corrected chi connectivity index (χ0v) is 22.5. The number of fused-ring (bicyclic) bond motifs is 1. The van der Waals surface area contributed by atoms with Gasteiger partial charge in [-0.05, 0) is 42.8 Å². The summed E-state index contributed by atoms with van der Waals surface area (Å²) in [7, 11) is 8.27. The van der Waals surface area contributed by atoms with E-state index in [0.717, 1.165) is 11.3 Å². The second kappa shape index (κ2) is 11.7. The summed E-state index contributed by atoms with van der Waals surface area (Å²) in [5.74, 6) is 1.71. The van der Waals surface area contributed by atoms with Crippen LogP contribution in [0.25, 0.3) is 22.0 Å². The van der Waals surface area contributed by atoms with E-state index in [0.29, 0.717) is 57.3 Å². The van der Waals surface area contributed by atoms with Crippen LogP contribution < -0.4 is 23.8 Å². The smallest absolute Gasteiger partial charge is 0.340 e. The van der Waals surface area contributed by atoms with Gasteiger partial charge in [-0.1, -0.05) is 24.3 Å². The predicted molar refractivity (Wildman–Crippen MR) is 148 cm³/mol. The average molecular weight is 517 g/mol. The lowest BCUT2D eigenvalue weighted by atomic mass is 9.93. The first kappa shape index (κ1) is 26.6. The second-order valence-corrected chi connectivity index (χ2v) is 8.51. The van der Waals surface area contributed by atoms with Crippen LogP contribution in [0.1, 0.15) is 23.0 Å². The fourth-order valence-electron chi connectivity index (χ4n) is 4.47. The molecule has 8 nitrogen and oxygen atoms in total. The predicted octanol–water partition coefficient (Wildman–Crippen LogP) is 5.75. The Morgan fingerprint density at radius 2 is 1.45 bits per heavy atom. The fourth-order valence-corrected chi connectivity index (χ4v) is 4.47. The molecule has 0 saturated heterocycles. The number of carbonyl (C=O) groups is 1. The Kier molecular flexibility index (Phi) is 8.21. The van der Waals surface area contributed by atoms with Gasteiger partial charge in [0.2, 0.25) is 0 Å². The summed E-state index contributed by atoms with van der Waals surface area (Å²) in [6, 6.07) is 19.1. The summed E-state index contributed by atoms with van der Waals surface area (Å²) in [5, 5.41) is 0.712. The van der Waals surface area contributed by atoms with E-state index in [2.05, 4.69) is 0 Å². The number of ether oxygens (including phenoxy) is 5. The summed E-state index contributed by atoms with van der Waals surface area (Å²) < 4.78 is 27.7. The van der Waals surface area contributed by atoms with Crippen LogP contribution in [0.15, 0.2) is 60.7 Å². The Hall–Kier alpha value is -4.46. The maximum atomic E-state index is 13.6. The second-order valence-electron chi connectivity index (χ2n) is 8.51. The summed E-state index contributed by atoms with van der Waals surface area (Å²) in [6.07, 6.45) is 0. The number of para-hydroxylation sites is 1. The molecule has 4 aromatic rings. The monoisotopic (exact) mass is 516 g/mol. The van der Waals surface area contributed by atoms with E-state index >= 15 is 0 Å². The molecule has 4 rings (SSSR count). The van der Waals surface area contributed by atoms with E-state index in [4.69, 9.17) is 28.7 Å². The van der Waals surface area contributed by atoms with Gasteiger partial charge < -0.3 is 28.6 Å². The molecule has 0 amide bonds. The third-order valence-corrected chi connectivity index (χ3v) is 6.30. The fraction of sp³-hybridized carbons (Fsp3) is 0.267. The molecule has 0 spiro atoms. The van der Waals surface area contributed by atoms with Crippen LogP contribution in [-0.4, -0.2) is 53.0 Å². The minimum absolute atomic E-state index is 0.224. The summed E-state index contributed by atoms with van der Waals surface area (Å²) in [4.78, 5) is 20.6. The summed E-state index contributed by atoms with van der Waals surface area (Å²) >= 11 is 0. The molecule has 198 valence electrons. The van der Waals surface area contributed by atoms with E-state index in [-0.39, 0.29) is 6.61 Å². The van der Waals surface area contributed by atoms with Crippen molar-refractivity contribution in [3.63, 3.8) is 0 Å². The van der Waals surface area contributed by atoms with Crippen molar-refractivity contribution in [3.8, 4) is 34.1 Å². The van der Waals surface area contributed by atoms with Crippen molar-refractivity contribution in [1.29, 1.82) is 0 Å². The van der Waals surface area contributed by atoms with Crippen LogP contribution in [0.5, 0.6) is 23.0 Å². The number of esters is 1. The molecule has 0 unspecified atom stereocenters. The molecular weight excluding hydrogens is 484 g/mol. The number of carbonyl (C=O) groups excluding carboxylic acids is 1. The van der Waals surface area contributed by atoms with Crippen LogP contribution in [-0.2, 0) is 11.3 Å². The Labute approximate surface area is 222 Å². The van der Waals surface area contributed by atoms with Crippen molar-refractivity contribution in [2.75, 3.05) is 47.0 Å². The van der Waals surface area contributed by atoms with Crippen molar-refractivity contribution in [3.05, 3.63) is 71.9 Å². The first-order chi connectivity index (χ1) is 18.4. The molecule has 0 radical (unpaired) electrons. The van der Waals surface area contributed by atoms with Gasteiger partial charge in [0.05, 0.1) is 58.4 Å². The lowest BCUT2D eigenvalue weighted by Gasteiger charge is -2.23. The molecule has 0 bridgehead atoms. The molecule has 1 heterocycles. The highest BCUT2D eigenvalue weighted by atomic mass is 16.5. The molecule has 0 aliphatic heterocycles. The van der Waals surface area contributed by atoms with E-state index in [9.17, 15) is 4.79 Å². The number of benzene rings is 3. The maximum Gasteiger partial charge on any atom is 0.340 e. The van der Waals surface area contributed by atoms with Crippen LogP contribution >= 0.6 is 0 Å². The third kappa shape index (κ3) is 5.16. The van der Waals surface area contributed by atoms with Gasteiger partial charge >= 0.3 is 5.97 Å². The van der Waals surface area contributed by atoms with Crippen molar-refractivity contribution in [2.24, 2.45) is 0 Å². The molecule has 38 heavy (non-hydrogen) atoms. The highest BCUT2D eigenvalue weighted by Gasteiger charge is 2.26. The van der Waals surface area contributed by atoms with Gasteiger partial charge in [0, 0.05) is 29.8 Å². The topological polar surface area (TPSA) is 79.4 Å². The van der Waals surface area contributed by atoms with Crippen LogP contribution in [0.3, 0.4) is 0 Å². The number of nitrogens with zero attached hydrogens (tertiary/aromatic N) is 2. The number of aromatic nitrogens is 1. The normalized spacial score (nSPS) is 10.7. The largest absolute Gasteiger partial charge is 0.493 e. The van der Waals surface area contributed by atoms with Crippen molar-refractivity contribution in [1.82, 2.24) is 4.98 Å². The van der Waals surface area contributed by atoms with Gasteiger partial charge in [0.1, 0.15) is 0 Å². The Morgan fingerprint density at radius 3 is 2.08 bits per heavy atom. The van der Waals surface area contributed by atoms with Gasteiger partial charge in [-0.15, -0.1) is 0 Å². The molecule has 0 saturated carbocycles. The number of hydrogen-bond acceptors (Lipinski definition) is 8. The van der Waals surface area contributed by atoms with Crippen LogP contribution in [0, 0.1) is 0 Å². The quantitative estimate of drug-likeness (QED) is 0.247. The maximum absolute atomic E-state index is 13.6. The SMILES string of the molecule is CCOC(=O)c1c(CN(C)c2ccccc2)nc2cc(OC)c(OC)cc2c1-c1ccc(OC)c(OC)c1. The standard InChI is InChI=1S/C30H32N2O6/c1-7-38-30(33)29-23(18-32(2)20-11-9-8-10-12-20)31-22-17-27(37-6)26(36-5)16-21(22)28(29)19-13-14-24(34-3)25(15-19)35-4/h8-17H,7,18H2,1-6H3. The zero-order valence-electron chi connectivity index (χ0n) is 22.5. The highest BCUT2D eigenvalue weighted by molar-refractivity contribution is 6.08. The molecule has 1 aromatic heterocycles. The van der Waals surface area contributed by atoms with Gasteiger partial charge in [0.15, 0.2) is 23.0 Å². The van der Waals surface area contributed by atoms with Gasteiger partial charge in [-0.25, -0.2) is 9.78 Å². The molecule has 3 aromatic carbocycles. The van der Waals surface area contributed by atoms with Gasteiger partial charge in [0.25, 0.3) is 0 Å². The summed E-state index contributed by atoms with van der Waals surface area (Å²) in [6.45, 7) is 2.37. The Morgan fingerprint density at radius 1 is 0.816 bits per heavy atom. The molecule has 0 aliphatic carbocycles. The average Bonchev–Trinajstić information content (AvgIpc) is 2.95. The van der Waals surface area contributed by atoms with E-state index in [1.807, 2.05) is 72.6 Å². The molecule has 0 atom stereocenters. The van der Waals surface area contributed by atoms with Gasteiger partial charge in [-0.2, -0.15) is 0 Å². The molecule has 0 fully saturated rings. The Balaban J connectivity index is 2.07.